The summed E-state index contributed by atoms with van der Waals surface area (Å²) in [6.07, 6.45) is 9.81. The number of fused-ring (bicyclic) bond motifs is 2. The van der Waals surface area contributed by atoms with Crippen LogP contribution in [-0.2, 0) is 0 Å². The van der Waals surface area contributed by atoms with Gasteiger partial charge in [-0.1, -0.05) is 55.3 Å². The van der Waals surface area contributed by atoms with Gasteiger partial charge in [0.2, 0.25) is 0 Å². The minimum atomic E-state index is -0.265. The Morgan fingerprint density at radius 3 is 2.69 bits per heavy atom. The highest BCUT2D eigenvalue weighted by atomic mass is 19.1. The summed E-state index contributed by atoms with van der Waals surface area (Å²) < 4.78 is 14.6. The first-order chi connectivity index (χ1) is 19.2. The highest BCUT2D eigenvalue weighted by Crippen LogP contribution is 2.33. The van der Waals surface area contributed by atoms with Crippen molar-refractivity contribution in [2.75, 3.05) is 19.6 Å². The number of H-pyrrole nitrogens is 2. The third-order valence-electron chi connectivity index (χ3n) is 8.10. The van der Waals surface area contributed by atoms with Crippen molar-refractivity contribution in [1.82, 2.24) is 25.5 Å². The van der Waals surface area contributed by atoms with Crippen molar-refractivity contribution in [3.8, 4) is 22.6 Å². The van der Waals surface area contributed by atoms with E-state index in [0.29, 0.717) is 17.3 Å². The Kier molecular flexibility index (Phi) is 6.29. The van der Waals surface area contributed by atoms with Crippen LogP contribution in [0, 0.1) is 17.7 Å². The number of dihydropyridines is 1. The predicted molar refractivity (Wildman–Crippen MR) is 156 cm³/mol. The largest absolute Gasteiger partial charge is 0.337 e. The molecule has 7 heteroatoms. The van der Waals surface area contributed by atoms with Crippen molar-refractivity contribution in [2.24, 2.45) is 16.8 Å². The molecule has 0 spiro atoms. The second-order valence-corrected chi connectivity index (χ2v) is 10.8. The highest BCUT2D eigenvalue weighted by molar-refractivity contribution is 6.12. The van der Waals surface area contributed by atoms with Crippen LogP contribution < -0.4 is 5.32 Å². The van der Waals surface area contributed by atoms with Gasteiger partial charge in [0.25, 0.3) is 0 Å². The summed E-state index contributed by atoms with van der Waals surface area (Å²) in [5.74, 6) is 1.61. The Morgan fingerprint density at radius 2 is 1.79 bits per heavy atom. The van der Waals surface area contributed by atoms with Crippen LogP contribution in [0.25, 0.3) is 50.2 Å². The Bertz CT molecular complexity index is 1700. The first-order valence-corrected chi connectivity index (χ1v) is 13.9. The Balaban J connectivity index is 1.19. The van der Waals surface area contributed by atoms with Crippen LogP contribution in [0.4, 0.5) is 4.39 Å². The minimum Gasteiger partial charge on any atom is -0.337 e. The number of benzene rings is 3. The number of aromatic nitrogens is 4. The van der Waals surface area contributed by atoms with Gasteiger partial charge in [0.05, 0.1) is 16.6 Å². The van der Waals surface area contributed by atoms with Crippen LogP contribution in [0.5, 0.6) is 0 Å². The van der Waals surface area contributed by atoms with E-state index in [9.17, 15) is 4.39 Å². The molecule has 7 rings (SSSR count). The van der Waals surface area contributed by atoms with Gasteiger partial charge in [-0.3, -0.25) is 10.1 Å². The van der Waals surface area contributed by atoms with Crippen LogP contribution in [0.1, 0.15) is 31.2 Å². The zero-order valence-corrected chi connectivity index (χ0v) is 21.8. The fourth-order valence-corrected chi connectivity index (χ4v) is 6.03. The van der Waals surface area contributed by atoms with Gasteiger partial charge in [-0.25, -0.2) is 9.37 Å². The molecule has 2 aromatic heterocycles. The van der Waals surface area contributed by atoms with Gasteiger partial charge in [-0.15, -0.1) is 0 Å². The molecular weight excluding hydrogens is 487 g/mol. The summed E-state index contributed by atoms with van der Waals surface area (Å²) >= 11 is 0. The number of allylic oxidation sites excluding steroid dienone is 1. The summed E-state index contributed by atoms with van der Waals surface area (Å²) in [5, 5.41) is 12.4. The van der Waals surface area contributed by atoms with Crippen molar-refractivity contribution in [3.05, 3.63) is 78.1 Å². The zero-order chi connectivity index (χ0) is 26.2. The van der Waals surface area contributed by atoms with Gasteiger partial charge < -0.3 is 10.3 Å². The molecule has 0 saturated heterocycles. The van der Waals surface area contributed by atoms with Crippen molar-refractivity contribution < 1.29 is 4.39 Å². The lowest BCUT2D eigenvalue weighted by atomic mass is 9.96. The molecule has 5 aromatic rings. The van der Waals surface area contributed by atoms with Gasteiger partial charge in [-0.05, 0) is 60.7 Å². The van der Waals surface area contributed by atoms with Crippen LogP contribution in [0.2, 0.25) is 0 Å². The standard InChI is InChI=1S/C32H31FN6/c33-27-10-4-3-8-24(27)25-9-5-11-29-30(25)37-32(36-29)31-26-15-22(12-13-28(26)38-39-31)23-14-21(18-35-19-23)17-34-16-20-6-1-2-7-20/h3-5,8-15,19-21,34H,1-2,6-7,16-18H2,(H,36,37)(H,38,39). The number of rotatable bonds is 7. The Hall–Kier alpha value is -4.10. The number of halogens is 1. The fourth-order valence-electron chi connectivity index (χ4n) is 6.03. The first-order valence-electron chi connectivity index (χ1n) is 13.9. The molecule has 3 heterocycles. The maximum atomic E-state index is 14.6. The van der Waals surface area contributed by atoms with Crippen molar-refractivity contribution in [3.63, 3.8) is 0 Å². The molecule has 1 unspecified atom stereocenters. The number of aliphatic imine (C=N–C) groups is 1. The molecule has 0 radical (unpaired) electrons. The maximum Gasteiger partial charge on any atom is 0.159 e. The quantitative estimate of drug-likeness (QED) is 0.222. The molecule has 1 aliphatic heterocycles. The highest BCUT2D eigenvalue weighted by Gasteiger charge is 2.19. The Labute approximate surface area is 226 Å². The fraction of sp³-hybridized carbons (Fsp3) is 0.281. The molecule has 0 amide bonds. The summed E-state index contributed by atoms with van der Waals surface area (Å²) in [6.45, 7) is 2.90. The van der Waals surface area contributed by atoms with Crippen LogP contribution in [-0.4, -0.2) is 46.0 Å². The minimum absolute atomic E-state index is 0.265. The Morgan fingerprint density at radius 1 is 0.923 bits per heavy atom. The van der Waals surface area contributed by atoms with Gasteiger partial charge in [-0.2, -0.15) is 5.10 Å². The number of hydrogen-bond donors (Lipinski definition) is 3. The maximum absolute atomic E-state index is 14.6. The SMILES string of the molecule is Fc1ccccc1-c1cccc2[nH]c(-c3n[nH]c4ccc(C5=CC(CNCC6CCCC6)CN=C5)cc34)nc12. The molecule has 3 aromatic carbocycles. The second kappa shape index (κ2) is 10.2. The average molecular weight is 519 g/mol. The predicted octanol–water partition coefficient (Wildman–Crippen LogP) is 6.78. The van der Waals surface area contributed by atoms with Crippen LogP contribution in [0.3, 0.4) is 0 Å². The van der Waals surface area contributed by atoms with Gasteiger partial charge in [0.15, 0.2) is 5.82 Å². The lowest BCUT2D eigenvalue weighted by Gasteiger charge is -2.18. The molecule has 1 atom stereocenters. The molecule has 0 bridgehead atoms. The molecule has 1 aliphatic carbocycles. The van der Waals surface area contributed by atoms with Gasteiger partial charge in [0.1, 0.15) is 11.5 Å². The number of para-hydroxylation sites is 1. The van der Waals surface area contributed by atoms with Crippen LogP contribution >= 0.6 is 0 Å². The van der Waals surface area contributed by atoms with Crippen LogP contribution in [0.15, 0.2) is 71.7 Å². The first kappa shape index (κ1) is 24.0. The number of imidazole rings is 1. The van der Waals surface area contributed by atoms with E-state index in [0.717, 1.165) is 69.9 Å². The van der Waals surface area contributed by atoms with Gasteiger partial charge in [0, 0.05) is 41.7 Å². The van der Waals surface area contributed by atoms with E-state index in [1.54, 1.807) is 12.1 Å². The molecule has 1 fully saturated rings. The zero-order valence-electron chi connectivity index (χ0n) is 21.8. The third kappa shape index (κ3) is 4.68. The van der Waals surface area contributed by atoms with E-state index < -0.39 is 0 Å². The van der Waals surface area contributed by atoms with Crippen molar-refractivity contribution >= 4 is 33.7 Å². The molecule has 6 nitrogen and oxygen atoms in total. The van der Waals surface area contributed by atoms with E-state index in [1.165, 1.54) is 31.7 Å². The number of hydrogen-bond acceptors (Lipinski definition) is 4. The number of nitrogens with one attached hydrogen (secondary N) is 3. The summed E-state index contributed by atoms with van der Waals surface area (Å²) in [5.41, 5.74) is 6.77. The molecule has 196 valence electrons. The van der Waals surface area contributed by atoms with Gasteiger partial charge >= 0.3 is 0 Å². The third-order valence-corrected chi connectivity index (χ3v) is 8.10. The van der Waals surface area contributed by atoms with Crippen molar-refractivity contribution in [1.29, 1.82) is 0 Å². The lowest BCUT2D eigenvalue weighted by Crippen LogP contribution is -2.28. The smallest absolute Gasteiger partial charge is 0.159 e. The molecular formula is C32H31FN6. The summed E-state index contributed by atoms with van der Waals surface area (Å²) in [4.78, 5) is 13.0. The van der Waals surface area contributed by atoms with E-state index in [2.05, 4.69) is 49.8 Å². The molecule has 3 N–H and O–H groups in total. The molecule has 2 aliphatic rings. The summed E-state index contributed by atoms with van der Waals surface area (Å²) in [7, 11) is 0. The number of nitrogens with zero attached hydrogens (tertiary/aromatic N) is 3. The lowest BCUT2D eigenvalue weighted by molar-refractivity contribution is 0.464. The molecule has 39 heavy (non-hydrogen) atoms. The normalized spacial score (nSPS) is 17.9. The van der Waals surface area contributed by atoms with E-state index in [4.69, 9.17) is 4.98 Å². The average Bonchev–Trinajstić information content (AvgIpc) is 3.73. The second-order valence-electron chi connectivity index (χ2n) is 10.8. The van der Waals surface area contributed by atoms with E-state index >= 15 is 0 Å². The summed E-state index contributed by atoms with van der Waals surface area (Å²) in [6, 6.07) is 18.9. The number of aromatic amines is 2. The monoisotopic (exact) mass is 518 g/mol. The molecule has 1 saturated carbocycles. The van der Waals surface area contributed by atoms with E-state index in [1.807, 2.05) is 30.5 Å². The van der Waals surface area contributed by atoms with E-state index in [-0.39, 0.29) is 5.82 Å². The topological polar surface area (TPSA) is 81.8 Å². The van der Waals surface area contributed by atoms with Crippen molar-refractivity contribution in [2.45, 2.75) is 25.7 Å².